The fourth-order valence-electron chi connectivity index (χ4n) is 1.52. The number of ketones is 1. The largest absolute Gasteiger partial charge is 0.339 e. The minimum atomic E-state index is -0.426. The molecule has 2 aromatic rings. The number of carbonyl (C=O) groups excluding carboxylic acids is 1. The van der Waals surface area contributed by atoms with Crippen molar-refractivity contribution in [2.24, 2.45) is 0 Å². The molecular weight excluding hydrogens is 271 g/mol. The van der Waals surface area contributed by atoms with E-state index in [4.69, 9.17) is 16.1 Å². The van der Waals surface area contributed by atoms with Crippen LogP contribution in [0.2, 0.25) is 5.02 Å². The van der Waals surface area contributed by atoms with Crippen LogP contribution in [0, 0.1) is 5.82 Å². The molecule has 1 heterocycles. The van der Waals surface area contributed by atoms with Crippen LogP contribution in [0.4, 0.5) is 4.39 Å². The summed E-state index contributed by atoms with van der Waals surface area (Å²) in [6.45, 7) is 3.16. The highest BCUT2D eigenvalue weighted by atomic mass is 35.5. The maximum Gasteiger partial charge on any atom is 0.236 e. The van der Waals surface area contributed by atoms with Gasteiger partial charge in [0.05, 0.1) is 5.92 Å². The number of nitrogens with zero attached hydrogens (tertiary/aromatic N) is 2. The van der Waals surface area contributed by atoms with Crippen LogP contribution >= 0.6 is 11.6 Å². The Morgan fingerprint density at radius 3 is 2.89 bits per heavy atom. The van der Waals surface area contributed by atoms with E-state index in [0.717, 1.165) is 0 Å². The maximum atomic E-state index is 12.9. The van der Waals surface area contributed by atoms with Crippen LogP contribution in [-0.4, -0.2) is 15.9 Å². The molecule has 1 aromatic carbocycles. The molecule has 0 saturated carbocycles. The third kappa shape index (κ3) is 3.17. The first kappa shape index (κ1) is 13.7. The van der Waals surface area contributed by atoms with Crippen LogP contribution in [0.3, 0.4) is 0 Å². The number of Topliss-reactive ketones (excluding diaryl/α,β-unsaturated/α-hetero) is 1. The molecule has 0 bridgehead atoms. The van der Waals surface area contributed by atoms with Gasteiger partial charge in [-0.1, -0.05) is 22.8 Å². The molecule has 0 aliphatic rings. The zero-order valence-electron chi connectivity index (χ0n) is 10.5. The summed E-state index contributed by atoms with van der Waals surface area (Å²) >= 11 is 5.92. The minimum absolute atomic E-state index is 0.0463. The third-order valence-corrected chi connectivity index (χ3v) is 3.18. The summed E-state index contributed by atoms with van der Waals surface area (Å²) in [5.41, 5.74) is 0.700. The molecule has 0 aliphatic heterocycles. The summed E-state index contributed by atoms with van der Waals surface area (Å²) in [6.07, 6.45) is 0.327. The van der Waals surface area contributed by atoms with Crippen LogP contribution in [0.15, 0.2) is 22.7 Å². The molecule has 0 spiro atoms. The minimum Gasteiger partial charge on any atom is -0.339 e. The van der Waals surface area contributed by atoms with Gasteiger partial charge < -0.3 is 4.52 Å². The fraction of sp³-hybridized carbons (Fsp3) is 0.308. The van der Waals surface area contributed by atoms with Crippen molar-refractivity contribution in [1.29, 1.82) is 0 Å². The number of benzene rings is 1. The molecule has 1 atom stereocenters. The third-order valence-electron chi connectivity index (χ3n) is 2.83. The number of hydrogen-bond acceptors (Lipinski definition) is 4. The van der Waals surface area contributed by atoms with Gasteiger partial charge in [-0.25, -0.2) is 4.39 Å². The van der Waals surface area contributed by atoms with Crippen LogP contribution < -0.4 is 0 Å². The van der Waals surface area contributed by atoms with Gasteiger partial charge >= 0.3 is 0 Å². The molecule has 1 unspecified atom stereocenters. The van der Waals surface area contributed by atoms with Gasteiger partial charge in [-0.15, -0.1) is 0 Å². The number of carbonyl (C=O) groups is 1. The van der Waals surface area contributed by atoms with Crippen molar-refractivity contribution in [3.63, 3.8) is 0 Å². The second kappa shape index (κ2) is 5.48. The Labute approximate surface area is 114 Å². The van der Waals surface area contributed by atoms with E-state index in [1.807, 2.05) is 0 Å². The lowest BCUT2D eigenvalue weighted by Gasteiger charge is -2.00. The SMILES string of the molecule is CC(=O)C(C)c1nc(Cc2ccc(F)cc2Cl)no1. The van der Waals surface area contributed by atoms with E-state index < -0.39 is 11.7 Å². The molecule has 100 valence electrons. The predicted octanol–water partition coefficient (Wildman–Crippen LogP) is 3.15. The Kier molecular flexibility index (Phi) is 3.95. The van der Waals surface area contributed by atoms with Crippen molar-refractivity contribution in [3.05, 3.63) is 46.3 Å². The monoisotopic (exact) mass is 282 g/mol. The van der Waals surface area contributed by atoms with Gasteiger partial charge in [-0.05, 0) is 31.5 Å². The Hall–Kier alpha value is -1.75. The zero-order valence-corrected chi connectivity index (χ0v) is 11.2. The van der Waals surface area contributed by atoms with E-state index in [9.17, 15) is 9.18 Å². The zero-order chi connectivity index (χ0) is 14.0. The lowest BCUT2D eigenvalue weighted by molar-refractivity contribution is -0.118. The molecule has 1 aromatic heterocycles. The van der Waals surface area contributed by atoms with Crippen molar-refractivity contribution in [2.75, 3.05) is 0 Å². The van der Waals surface area contributed by atoms with Crippen LogP contribution in [0.5, 0.6) is 0 Å². The summed E-state index contributed by atoms with van der Waals surface area (Å²) in [7, 11) is 0. The molecular formula is C13H12ClFN2O2. The van der Waals surface area contributed by atoms with Gasteiger partial charge in [0.15, 0.2) is 5.82 Å². The van der Waals surface area contributed by atoms with Gasteiger partial charge in [0.25, 0.3) is 0 Å². The first-order valence-electron chi connectivity index (χ1n) is 5.74. The van der Waals surface area contributed by atoms with E-state index >= 15 is 0 Å². The first-order valence-corrected chi connectivity index (χ1v) is 6.12. The van der Waals surface area contributed by atoms with Gasteiger partial charge in [0.2, 0.25) is 5.89 Å². The number of halogens is 2. The number of hydrogen-bond donors (Lipinski definition) is 0. The van der Waals surface area contributed by atoms with Crippen molar-refractivity contribution in [1.82, 2.24) is 10.1 Å². The standard InChI is InChI=1S/C13H12ClFN2O2/c1-7(8(2)18)13-16-12(17-19-13)5-9-3-4-10(15)6-11(9)14/h3-4,6-7H,5H2,1-2H3. The number of aromatic nitrogens is 2. The van der Waals surface area contributed by atoms with E-state index in [1.165, 1.54) is 19.1 Å². The summed E-state index contributed by atoms with van der Waals surface area (Å²) < 4.78 is 17.9. The molecule has 0 saturated heterocycles. The van der Waals surface area contributed by atoms with Gasteiger partial charge in [-0.3, -0.25) is 4.79 Å². The normalized spacial score (nSPS) is 12.4. The Balaban J connectivity index is 2.18. The topological polar surface area (TPSA) is 56.0 Å². The van der Waals surface area contributed by atoms with Crippen molar-refractivity contribution in [3.8, 4) is 0 Å². The average Bonchev–Trinajstić information content (AvgIpc) is 2.80. The highest BCUT2D eigenvalue weighted by Crippen LogP contribution is 2.21. The van der Waals surface area contributed by atoms with Crippen LogP contribution in [-0.2, 0) is 11.2 Å². The Morgan fingerprint density at radius 2 is 2.26 bits per heavy atom. The molecule has 0 aliphatic carbocycles. The summed E-state index contributed by atoms with van der Waals surface area (Å²) in [5.74, 6) is -0.176. The highest BCUT2D eigenvalue weighted by Gasteiger charge is 2.18. The number of rotatable bonds is 4. The maximum absolute atomic E-state index is 12.9. The second-order valence-corrected chi connectivity index (χ2v) is 4.70. The molecule has 0 N–H and O–H groups in total. The molecule has 0 amide bonds. The van der Waals surface area contributed by atoms with E-state index in [2.05, 4.69) is 10.1 Å². The average molecular weight is 283 g/mol. The van der Waals surface area contributed by atoms with Crippen LogP contribution in [0.1, 0.15) is 37.0 Å². The molecule has 4 nitrogen and oxygen atoms in total. The Morgan fingerprint density at radius 1 is 1.53 bits per heavy atom. The van der Waals surface area contributed by atoms with E-state index in [0.29, 0.717) is 22.8 Å². The van der Waals surface area contributed by atoms with Gasteiger partial charge in [0.1, 0.15) is 11.6 Å². The van der Waals surface area contributed by atoms with Crippen molar-refractivity contribution >= 4 is 17.4 Å². The van der Waals surface area contributed by atoms with Crippen molar-refractivity contribution < 1.29 is 13.7 Å². The summed E-state index contributed by atoms with van der Waals surface area (Å²) in [5, 5.41) is 4.10. The molecule has 19 heavy (non-hydrogen) atoms. The first-order chi connectivity index (χ1) is 8.97. The van der Waals surface area contributed by atoms with E-state index in [1.54, 1.807) is 13.0 Å². The van der Waals surface area contributed by atoms with Gasteiger partial charge in [-0.2, -0.15) is 4.98 Å². The molecule has 6 heteroatoms. The second-order valence-electron chi connectivity index (χ2n) is 4.29. The Bertz CT molecular complexity index is 612. The van der Waals surface area contributed by atoms with Crippen molar-refractivity contribution in [2.45, 2.75) is 26.2 Å². The van der Waals surface area contributed by atoms with E-state index in [-0.39, 0.29) is 11.7 Å². The smallest absolute Gasteiger partial charge is 0.236 e. The molecule has 0 fully saturated rings. The van der Waals surface area contributed by atoms with Crippen LogP contribution in [0.25, 0.3) is 0 Å². The van der Waals surface area contributed by atoms with Gasteiger partial charge in [0, 0.05) is 11.4 Å². The lowest BCUT2D eigenvalue weighted by Crippen LogP contribution is -2.04. The molecule has 0 radical (unpaired) electrons. The molecule has 2 rings (SSSR count). The summed E-state index contributed by atoms with van der Waals surface area (Å²) in [6, 6.07) is 4.12. The predicted molar refractivity (Wildman–Crippen MR) is 67.6 cm³/mol. The quantitative estimate of drug-likeness (QED) is 0.864. The fourth-order valence-corrected chi connectivity index (χ4v) is 1.76. The lowest BCUT2D eigenvalue weighted by atomic mass is 10.1. The summed E-state index contributed by atoms with van der Waals surface area (Å²) in [4.78, 5) is 15.4. The highest BCUT2D eigenvalue weighted by molar-refractivity contribution is 6.31.